The zero-order valence-corrected chi connectivity index (χ0v) is 25.7. The van der Waals surface area contributed by atoms with E-state index in [1.807, 2.05) is 0 Å². The summed E-state index contributed by atoms with van der Waals surface area (Å²) in [6.07, 6.45) is -18.1. The monoisotopic (exact) mass is 704 g/mol. The Labute approximate surface area is 270 Å². The quantitative estimate of drug-likeness (QED) is 0.114. The van der Waals surface area contributed by atoms with Crippen molar-refractivity contribution in [1.29, 1.82) is 0 Å². The van der Waals surface area contributed by atoms with Crippen LogP contribution >= 0.6 is 0 Å². The van der Waals surface area contributed by atoms with E-state index in [1.54, 1.807) is 0 Å². The van der Waals surface area contributed by atoms with Crippen LogP contribution in [-0.2, 0) is 28.8 Å². The van der Waals surface area contributed by atoms with Crippen LogP contribution in [0, 0.1) is 0 Å². The third kappa shape index (κ3) is 6.99. The fourth-order valence-electron chi connectivity index (χ4n) is 5.24. The van der Waals surface area contributed by atoms with Gasteiger partial charge in [0.1, 0.15) is 65.2 Å². The SMILES string of the molecule is COc1cc(-c2oc3cc(O)cc(O)c3c(=O)c2OC2OC(COC3OC(C)C(O)C(O)C3O)C(OS(=O)(=O)O)C(O)C2O)ccc1O. The van der Waals surface area contributed by atoms with Crippen LogP contribution in [0.25, 0.3) is 22.3 Å². The number of aliphatic hydroxyl groups is 5. The maximum atomic E-state index is 13.8. The third-order valence-corrected chi connectivity index (χ3v) is 8.17. The Hall–Kier alpha value is -3.80. The van der Waals surface area contributed by atoms with Gasteiger partial charge in [0.25, 0.3) is 0 Å². The molecule has 0 spiro atoms. The predicted octanol–water partition coefficient (Wildman–Crippen LogP) is -1.56. The van der Waals surface area contributed by atoms with Crippen LogP contribution in [0.15, 0.2) is 39.5 Å². The molecule has 0 saturated carbocycles. The summed E-state index contributed by atoms with van der Waals surface area (Å²) in [5, 5.41) is 82.2. The number of phenols is 3. The van der Waals surface area contributed by atoms with Gasteiger partial charge in [-0.25, -0.2) is 4.18 Å². The van der Waals surface area contributed by atoms with E-state index in [-0.39, 0.29) is 22.6 Å². The van der Waals surface area contributed by atoms with Crippen LogP contribution < -0.4 is 14.9 Å². The van der Waals surface area contributed by atoms with Crippen LogP contribution in [0.2, 0.25) is 0 Å². The van der Waals surface area contributed by atoms with E-state index in [2.05, 4.69) is 4.18 Å². The van der Waals surface area contributed by atoms with Crippen molar-refractivity contribution in [2.45, 2.75) is 68.3 Å². The molecule has 2 aliphatic rings. The number of hydrogen-bond acceptors (Lipinski definition) is 18. The molecule has 19 nitrogen and oxygen atoms in total. The lowest BCUT2D eigenvalue weighted by molar-refractivity contribution is -0.316. The standard InChI is InChI=1S/C28H32O19S/c1-9-18(32)20(34)22(36)27(43-9)42-8-16-25(47-48(38,39)40)21(35)23(37)28(45-16)46-26-19(33)17-13(31)6-11(29)7-15(17)44-24(26)10-3-4-12(30)14(5-10)41-2/h3-7,9,16,18,20-23,25,27-32,34-37H,8H2,1-2H3,(H,38,39,40). The normalized spacial score (nSPS) is 31.1. The highest BCUT2D eigenvalue weighted by Crippen LogP contribution is 2.40. The highest BCUT2D eigenvalue weighted by atomic mass is 32.3. The summed E-state index contributed by atoms with van der Waals surface area (Å²) in [7, 11) is -4.07. The first kappa shape index (κ1) is 35.5. The molecule has 1 aromatic heterocycles. The zero-order chi connectivity index (χ0) is 35.2. The Bertz CT molecular complexity index is 1810. The van der Waals surface area contributed by atoms with Gasteiger partial charge in [-0.1, -0.05) is 0 Å². The van der Waals surface area contributed by atoms with Gasteiger partial charge >= 0.3 is 10.4 Å². The fraction of sp³-hybridized carbons (Fsp3) is 0.464. The second kappa shape index (κ2) is 13.6. The number of fused-ring (bicyclic) bond motifs is 1. The molecule has 2 fully saturated rings. The minimum atomic E-state index is -5.31. The molecule has 10 unspecified atom stereocenters. The molecule has 2 aromatic carbocycles. The smallest absolute Gasteiger partial charge is 0.397 e. The van der Waals surface area contributed by atoms with Gasteiger partial charge in [-0.2, -0.15) is 8.42 Å². The number of aromatic hydroxyl groups is 3. The number of ether oxygens (including phenoxy) is 5. The van der Waals surface area contributed by atoms with Crippen molar-refractivity contribution in [1.82, 2.24) is 0 Å². The lowest BCUT2D eigenvalue weighted by Gasteiger charge is -2.43. The van der Waals surface area contributed by atoms with Gasteiger partial charge < -0.3 is 69.0 Å². The van der Waals surface area contributed by atoms with Crippen molar-refractivity contribution in [2.24, 2.45) is 0 Å². The van der Waals surface area contributed by atoms with Crippen LogP contribution in [0.1, 0.15) is 6.92 Å². The van der Waals surface area contributed by atoms with Crippen LogP contribution in [-0.4, -0.2) is 129 Å². The molecule has 2 saturated heterocycles. The molecule has 5 rings (SSSR count). The van der Waals surface area contributed by atoms with Crippen molar-refractivity contribution >= 4 is 21.4 Å². The lowest BCUT2D eigenvalue weighted by Crippen LogP contribution is -2.62. The minimum Gasteiger partial charge on any atom is -0.508 e. The summed E-state index contributed by atoms with van der Waals surface area (Å²) in [6.45, 7) is 0.520. The Kier molecular flexibility index (Phi) is 10.1. The number of methoxy groups -OCH3 is 1. The molecular formula is C28H32O19S. The van der Waals surface area contributed by atoms with Crippen molar-refractivity contribution in [3.63, 3.8) is 0 Å². The Balaban J connectivity index is 1.54. The van der Waals surface area contributed by atoms with E-state index < -0.39 is 112 Å². The van der Waals surface area contributed by atoms with E-state index in [1.165, 1.54) is 32.2 Å². The molecule has 0 radical (unpaired) electrons. The van der Waals surface area contributed by atoms with E-state index in [9.17, 15) is 58.6 Å². The Morgan fingerprint density at radius 1 is 0.854 bits per heavy atom. The highest BCUT2D eigenvalue weighted by molar-refractivity contribution is 7.80. The summed E-state index contributed by atoms with van der Waals surface area (Å²) in [5.41, 5.74) is -1.37. The second-order valence-electron chi connectivity index (χ2n) is 11.0. The highest BCUT2D eigenvalue weighted by Gasteiger charge is 2.50. The Morgan fingerprint density at radius 2 is 1.54 bits per heavy atom. The molecule has 10 atom stereocenters. The summed E-state index contributed by atoms with van der Waals surface area (Å²) in [6, 6.07) is 5.54. The minimum absolute atomic E-state index is 0.0260. The molecule has 2 aliphatic heterocycles. The maximum absolute atomic E-state index is 13.8. The van der Waals surface area contributed by atoms with Gasteiger partial charge in [0, 0.05) is 17.7 Å². The first-order chi connectivity index (χ1) is 22.5. The topological polar surface area (TPSA) is 302 Å². The van der Waals surface area contributed by atoms with Crippen LogP contribution in [0.4, 0.5) is 0 Å². The average Bonchev–Trinajstić information content (AvgIpc) is 3.01. The largest absolute Gasteiger partial charge is 0.508 e. The van der Waals surface area contributed by atoms with E-state index in [0.29, 0.717) is 0 Å². The predicted molar refractivity (Wildman–Crippen MR) is 155 cm³/mol. The lowest BCUT2D eigenvalue weighted by atomic mass is 9.98. The van der Waals surface area contributed by atoms with E-state index in [0.717, 1.165) is 12.1 Å². The van der Waals surface area contributed by atoms with Gasteiger partial charge in [0.05, 0.1) is 19.8 Å². The number of aliphatic hydroxyl groups excluding tert-OH is 5. The van der Waals surface area contributed by atoms with E-state index >= 15 is 0 Å². The summed E-state index contributed by atoms with van der Waals surface area (Å²) >= 11 is 0. The summed E-state index contributed by atoms with van der Waals surface area (Å²) in [4.78, 5) is 13.8. The Morgan fingerprint density at radius 3 is 2.21 bits per heavy atom. The number of hydrogen-bond donors (Lipinski definition) is 9. The molecule has 0 bridgehead atoms. The molecule has 9 N–H and O–H groups in total. The van der Waals surface area contributed by atoms with Gasteiger partial charge in [-0.3, -0.25) is 9.35 Å². The maximum Gasteiger partial charge on any atom is 0.397 e. The summed E-state index contributed by atoms with van der Waals surface area (Å²) in [5.74, 6) is -2.75. The summed E-state index contributed by atoms with van der Waals surface area (Å²) < 4.78 is 70.2. The van der Waals surface area contributed by atoms with Crippen molar-refractivity contribution in [3.05, 3.63) is 40.6 Å². The third-order valence-electron chi connectivity index (χ3n) is 7.70. The van der Waals surface area contributed by atoms with Crippen molar-refractivity contribution in [3.8, 4) is 40.1 Å². The number of phenolic OH excluding ortho intramolecular Hbond substituents is 3. The van der Waals surface area contributed by atoms with Crippen molar-refractivity contribution < 1.29 is 86.1 Å². The molecule has 3 heterocycles. The van der Waals surface area contributed by atoms with Crippen LogP contribution in [0.3, 0.4) is 0 Å². The van der Waals surface area contributed by atoms with Gasteiger partial charge in [-0.05, 0) is 25.1 Å². The van der Waals surface area contributed by atoms with Crippen molar-refractivity contribution in [2.75, 3.05) is 13.7 Å². The first-order valence-electron chi connectivity index (χ1n) is 14.1. The number of rotatable bonds is 9. The molecule has 264 valence electrons. The first-order valence-corrected chi connectivity index (χ1v) is 15.4. The fourth-order valence-corrected chi connectivity index (χ4v) is 5.76. The van der Waals surface area contributed by atoms with Crippen LogP contribution in [0.5, 0.6) is 28.7 Å². The van der Waals surface area contributed by atoms with E-state index in [4.69, 9.17) is 28.1 Å². The van der Waals surface area contributed by atoms with Gasteiger partial charge in [-0.15, -0.1) is 0 Å². The molecule has 0 aliphatic carbocycles. The number of benzene rings is 2. The molecule has 48 heavy (non-hydrogen) atoms. The molecular weight excluding hydrogens is 672 g/mol. The second-order valence-corrected chi connectivity index (χ2v) is 12.0. The average molecular weight is 705 g/mol. The van der Waals surface area contributed by atoms with Gasteiger partial charge in [0.15, 0.2) is 23.5 Å². The zero-order valence-electron chi connectivity index (χ0n) is 24.9. The molecule has 0 amide bonds. The molecule has 3 aromatic rings. The molecule has 20 heteroatoms. The van der Waals surface area contributed by atoms with Gasteiger partial charge in [0.2, 0.25) is 17.5 Å².